The lowest BCUT2D eigenvalue weighted by atomic mass is 10.1. The molecule has 0 spiro atoms. The lowest BCUT2D eigenvalue weighted by molar-refractivity contribution is -0.858. The minimum absolute atomic E-state index is 0.0979. The first-order valence-corrected chi connectivity index (χ1v) is 7.97. The molecule has 0 fully saturated rings. The van der Waals surface area contributed by atoms with Crippen LogP contribution < -0.4 is 20.9 Å². The largest absolute Gasteiger partial charge is 0.363 e. The normalized spacial score (nSPS) is 10.4. The summed E-state index contributed by atoms with van der Waals surface area (Å²) in [5, 5.41) is 9.48. The lowest BCUT2D eigenvalue weighted by Gasteiger charge is -2.13. The number of benzene rings is 1. The second-order valence-corrected chi connectivity index (χ2v) is 6.14. The van der Waals surface area contributed by atoms with Crippen LogP contribution in [0.4, 0.5) is 5.69 Å². The molecule has 0 atom stereocenters. The van der Waals surface area contributed by atoms with Crippen LogP contribution in [0.15, 0.2) is 18.2 Å². The topological polar surface area (TPSA) is 57.6 Å². The van der Waals surface area contributed by atoms with Crippen molar-refractivity contribution in [3.05, 3.63) is 29.3 Å². The van der Waals surface area contributed by atoms with E-state index in [4.69, 9.17) is 12.2 Å². The molecular weight excluding hydrogens is 296 g/mol. The zero-order valence-electron chi connectivity index (χ0n) is 13.9. The van der Waals surface area contributed by atoms with Crippen LogP contribution in [0.25, 0.3) is 0 Å². The summed E-state index contributed by atoms with van der Waals surface area (Å²) in [4.78, 5) is 13.4. The van der Waals surface area contributed by atoms with E-state index in [1.807, 2.05) is 32.0 Å². The number of hydrogen-bond acceptors (Lipinski definition) is 2. The van der Waals surface area contributed by atoms with Gasteiger partial charge in [-0.25, -0.2) is 0 Å². The average molecular weight is 323 g/mol. The highest BCUT2D eigenvalue weighted by Crippen LogP contribution is 2.18. The number of amides is 1. The van der Waals surface area contributed by atoms with Gasteiger partial charge in [0.1, 0.15) is 0 Å². The van der Waals surface area contributed by atoms with E-state index in [9.17, 15) is 4.79 Å². The Hall–Kier alpha value is -1.66. The van der Waals surface area contributed by atoms with Crippen molar-refractivity contribution in [2.45, 2.75) is 20.3 Å². The van der Waals surface area contributed by atoms with Crippen LogP contribution in [0.5, 0.6) is 0 Å². The van der Waals surface area contributed by atoms with Crippen LogP contribution in [-0.2, 0) is 4.79 Å². The Morgan fingerprint density at radius 1 is 1.18 bits per heavy atom. The number of aryl methyl sites for hydroxylation is 2. The molecule has 122 valence electrons. The SMILES string of the molecule is Cc1cccc(C)c1NC(=O)CNC(=S)NCCC[NH+](C)C. The van der Waals surface area contributed by atoms with Gasteiger partial charge in [0.2, 0.25) is 5.91 Å². The second kappa shape index (κ2) is 9.38. The van der Waals surface area contributed by atoms with Gasteiger partial charge in [0.25, 0.3) is 0 Å². The number of anilines is 1. The summed E-state index contributed by atoms with van der Waals surface area (Å²) in [6, 6.07) is 5.94. The maximum atomic E-state index is 12.0. The first-order valence-electron chi connectivity index (χ1n) is 7.57. The molecule has 22 heavy (non-hydrogen) atoms. The molecule has 1 amide bonds. The average Bonchev–Trinajstić information content (AvgIpc) is 2.45. The molecule has 0 aromatic heterocycles. The zero-order chi connectivity index (χ0) is 16.5. The molecule has 0 unspecified atom stereocenters. The molecule has 0 bridgehead atoms. The zero-order valence-corrected chi connectivity index (χ0v) is 14.7. The van der Waals surface area contributed by atoms with Crippen molar-refractivity contribution in [3.8, 4) is 0 Å². The monoisotopic (exact) mass is 323 g/mol. The predicted octanol–water partition coefficient (Wildman–Crippen LogP) is 0.241. The van der Waals surface area contributed by atoms with E-state index < -0.39 is 0 Å². The molecule has 0 saturated heterocycles. The molecule has 1 aromatic carbocycles. The molecule has 1 aromatic rings. The Morgan fingerprint density at radius 2 is 1.82 bits per heavy atom. The summed E-state index contributed by atoms with van der Waals surface area (Å²) in [5.41, 5.74) is 2.99. The highest BCUT2D eigenvalue weighted by atomic mass is 32.1. The molecule has 5 nitrogen and oxygen atoms in total. The molecule has 0 aliphatic rings. The summed E-state index contributed by atoms with van der Waals surface area (Å²) in [6.45, 7) is 6.03. The first-order chi connectivity index (χ1) is 10.4. The van der Waals surface area contributed by atoms with Crippen LogP contribution in [0, 0.1) is 13.8 Å². The number of nitrogens with one attached hydrogen (secondary N) is 4. The van der Waals surface area contributed by atoms with Gasteiger partial charge in [0.15, 0.2) is 5.11 Å². The number of para-hydroxylation sites is 1. The molecular formula is C16H27N4OS+. The van der Waals surface area contributed by atoms with E-state index >= 15 is 0 Å². The molecule has 0 aliphatic heterocycles. The Bertz CT molecular complexity index is 497. The third-order valence-electron chi connectivity index (χ3n) is 3.29. The summed E-state index contributed by atoms with van der Waals surface area (Å²) < 4.78 is 0. The second-order valence-electron chi connectivity index (χ2n) is 5.74. The fraction of sp³-hybridized carbons (Fsp3) is 0.500. The van der Waals surface area contributed by atoms with E-state index in [1.54, 1.807) is 0 Å². The number of carbonyl (C=O) groups is 1. The van der Waals surface area contributed by atoms with E-state index in [2.05, 4.69) is 30.0 Å². The molecule has 0 saturated carbocycles. The van der Waals surface area contributed by atoms with Crippen LogP contribution in [0.3, 0.4) is 0 Å². The number of hydrogen-bond donors (Lipinski definition) is 4. The van der Waals surface area contributed by atoms with E-state index in [0.29, 0.717) is 5.11 Å². The van der Waals surface area contributed by atoms with Gasteiger partial charge in [0.05, 0.1) is 27.2 Å². The fourth-order valence-electron chi connectivity index (χ4n) is 2.06. The van der Waals surface area contributed by atoms with Crippen LogP contribution in [0.1, 0.15) is 17.5 Å². The number of quaternary nitrogens is 1. The van der Waals surface area contributed by atoms with Gasteiger partial charge in [0, 0.05) is 18.7 Å². The lowest BCUT2D eigenvalue weighted by Crippen LogP contribution is -3.05. The fourth-order valence-corrected chi connectivity index (χ4v) is 2.24. The van der Waals surface area contributed by atoms with E-state index in [-0.39, 0.29) is 12.5 Å². The van der Waals surface area contributed by atoms with Crippen molar-refractivity contribution in [1.82, 2.24) is 10.6 Å². The predicted molar refractivity (Wildman–Crippen MR) is 95.4 cm³/mol. The van der Waals surface area contributed by atoms with Gasteiger partial charge in [-0.2, -0.15) is 0 Å². The summed E-state index contributed by atoms with van der Waals surface area (Å²) >= 11 is 5.16. The number of carbonyl (C=O) groups excluding carboxylic acids is 1. The third-order valence-corrected chi connectivity index (χ3v) is 3.58. The Labute approximate surface area is 138 Å². The maximum absolute atomic E-state index is 12.0. The number of rotatable bonds is 7. The smallest absolute Gasteiger partial charge is 0.243 e. The van der Waals surface area contributed by atoms with Crippen molar-refractivity contribution in [2.75, 3.05) is 39.0 Å². The van der Waals surface area contributed by atoms with E-state index in [1.165, 1.54) is 4.90 Å². The van der Waals surface area contributed by atoms with Gasteiger partial charge in [-0.05, 0) is 37.2 Å². The van der Waals surface area contributed by atoms with Crippen molar-refractivity contribution >= 4 is 28.9 Å². The van der Waals surface area contributed by atoms with Crippen LogP contribution in [-0.4, -0.2) is 44.7 Å². The van der Waals surface area contributed by atoms with Crippen molar-refractivity contribution in [2.24, 2.45) is 0 Å². The van der Waals surface area contributed by atoms with Gasteiger partial charge in [-0.15, -0.1) is 0 Å². The Balaban J connectivity index is 2.30. The molecule has 1 rings (SSSR count). The standard InChI is InChI=1S/C16H26N4OS/c1-12-7-5-8-13(2)15(12)19-14(21)11-18-16(22)17-9-6-10-20(3)4/h5,7-8H,6,9-11H2,1-4H3,(H,19,21)(H2,17,18,22)/p+1. The number of thiocarbonyl (C=S) groups is 1. The Morgan fingerprint density at radius 3 is 2.41 bits per heavy atom. The van der Waals surface area contributed by atoms with Crippen LogP contribution in [0.2, 0.25) is 0 Å². The van der Waals surface area contributed by atoms with E-state index in [0.717, 1.165) is 36.3 Å². The van der Waals surface area contributed by atoms with Gasteiger partial charge >= 0.3 is 0 Å². The highest BCUT2D eigenvalue weighted by Gasteiger charge is 2.07. The maximum Gasteiger partial charge on any atom is 0.243 e. The highest BCUT2D eigenvalue weighted by molar-refractivity contribution is 7.80. The van der Waals surface area contributed by atoms with Gasteiger partial charge in [-0.3, -0.25) is 4.79 Å². The quantitative estimate of drug-likeness (QED) is 0.429. The minimum atomic E-state index is -0.0979. The minimum Gasteiger partial charge on any atom is -0.363 e. The van der Waals surface area contributed by atoms with Crippen molar-refractivity contribution < 1.29 is 9.69 Å². The van der Waals surface area contributed by atoms with Crippen molar-refractivity contribution in [1.29, 1.82) is 0 Å². The molecule has 4 N–H and O–H groups in total. The summed E-state index contributed by atoms with van der Waals surface area (Å²) in [5.74, 6) is -0.0979. The summed E-state index contributed by atoms with van der Waals surface area (Å²) in [6.07, 6.45) is 1.04. The molecule has 0 aliphatic carbocycles. The van der Waals surface area contributed by atoms with Gasteiger partial charge in [-0.1, -0.05) is 18.2 Å². The van der Waals surface area contributed by atoms with Gasteiger partial charge < -0.3 is 20.9 Å². The first kappa shape index (κ1) is 18.4. The molecule has 6 heteroatoms. The Kier molecular flexibility index (Phi) is 7.84. The molecule has 0 radical (unpaired) electrons. The third kappa shape index (κ3) is 6.87. The molecule has 0 heterocycles. The summed E-state index contributed by atoms with van der Waals surface area (Å²) in [7, 11) is 4.24. The van der Waals surface area contributed by atoms with Crippen molar-refractivity contribution in [3.63, 3.8) is 0 Å². The van der Waals surface area contributed by atoms with Crippen LogP contribution >= 0.6 is 12.2 Å².